The van der Waals surface area contributed by atoms with Crippen LogP contribution >= 0.6 is 11.8 Å². The number of carbonyl (C=O) groups excluding carboxylic acids is 1. The topological polar surface area (TPSA) is 57.0 Å². The van der Waals surface area contributed by atoms with E-state index in [4.69, 9.17) is 0 Å². The highest BCUT2D eigenvalue weighted by atomic mass is 32.2. The van der Waals surface area contributed by atoms with Crippen molar-refractivity contribution in [2.45, 2.75) is 31.3 Å². The molecule has 4 rings (SSSR count). The molecule has 0 saturated carbocycles. The average molecular weight is 373 g/mol. The molecule has 1 aromatic heterocycles. The van der Waals surface area contributed by atoms with Gasteiger partial charge in [-0.25, -0.2) is 4.98 Å². The SMILES string of the molecule is Cc1cccc2cc(C#N)c(SCC(=O)N3c4ccccc4C[C@@H]3C)nc12. The van der Waals surface area contributed by atoms with Gasteiger partial charge in [-0.1, -0.05) is 48.2 Å². The molecule has 1 atom stereocenters. The minimum Gasteiger partial charge on any atom is -0.308 e. The zero-order valence-electron chi connectivity index (χ0n) is 15.3. The first kappa shape index (κ1) is 17.6. The zero-order chi connectivity index (χ0) is 19.0. The summed E-state index contributed by atoms with van der Waals surface area (Å²) in [6.45, 7) is 4.07. The summed E-state index contributed by atoms with van der Waals surface area (Å²) in [7, 11) is 0. The Morgan fingerprint density at radius 2 is 2.11 bits per heavy atom. The lowest BCUT2D eigenvalue weighted by molar-refractivity contribution is -0.116. The first-order valence-electron chi connectivity index (χ1n) is 8.91. The second-order valence-electron chi connectivity index (χ2n) is 6.83. The smallest absolute Gasteiger partial charge is 0.237 e. The van der Waals surface area contributed by atoms with Crippen LogP contribution in [0.15, 0.2) is 53.6 Å². The van der Waals surface area contributed by atoms with Crippen LogP contribution in [-0.2, 0) is 11.2 Å². The van der Waals surface area contributed by atoms with Crippen LogP contribution in [0, 0.1) is 18.3 Å². The van der Waals surface area contributed by atoms with Crippen LogP contribution in [0.5, 0.6) is 0 Å². The van der Waals surface area contributed by atoms with Crippen LogP contribution in [0.25, 0.3) is 10.9 Å². The van der Waals surface area contributed by atoms with Crippen LogP contribution in [0.3, 0.4) is 0 Å². The summed E-state index contributed by atoms with van der Waals surface area (Å²) in [6.07, 6.45) is 0.878. The summed E-state index contributed by atoms with van der Waals surface area (Å²) >= 11 is 1.34. The van der Waals surface area contributed by atoms with Crippen molar-refractivity contribution in [3.63, 3.8) is 0 Å². The molecule has 1 amide bonds. The molecule has 0 spiro atoms. The Kier molecular flexibility index (Phi) is 4.59. The number of nitrogens with zero attached hydrogens (tertiary/aromatic N) is 3. The fourth-order valence-electron chi connectivity index (χ4n) is 3.67. The predicted octanol–water partition coefficient (Wildman–Crippen LogP) is 4.48. The maximum absolute atomic E-state index is 12.9. The highest BCUT2D eigenvalue weighted by Crippen LogP contribution is 2.33. The minimum absolute atomic E-state index is 0.0491. The normalized spacial score (nSPS) is 15.6. The fraction of sp³-hybridized carbons (Fsp3) is 0.227. The van der Waals surface area contributed by atoms with E-state index in [-0.39, 0.29) is 17.7 Å². The van der Waals surface area contributed by atoms with Crippen molar-refractivity contribution in [1.29, 1.82) is 5.26 Å². The predicted molar refractivity (Wildman–Crippen MR) is 109 cm³/mol. The maximum Gasteiger partial charge on any atom is 0.237 e. The third-order valence-electron chi connectivity index (χ3n) is 4.94. The van der Waals surface area contributed by atoms with E-state index in [1.54, 1.807) is 0 Å². The van der Waals surface area contributed by atoms with Crippen molar-refractivity contribution < 1.29 is 4.79 Å². The molecule has 0 aliphatic carbocycles. The number of rotatable bonds is 3. The number of aryl methyl sites for hydroxylation is 1. The number of hydrogen-bond acceptors (Lipinski definition) is 4. The zero-order valence-corrected chi connectivity index (χ0v) is 16.1. The highest BCUT2D eigenvalue weighted by Gasteiger charge is 2.30. The van der Waals surface area contributed by atoms with Crippen LogP contribution in [0.2, 0.25) is 0 Å². The first-order chi connectivity index (χ1) is 13.1. The van der Waals surface area contributed by atoms with E-state index < -0.39 is 0 Å². The Hall–Kier alpha value is -2.84. The monoisotopic (exact) mass is 373 g/mol. The van der Waals surface area contributed by atoms with Crippen LogP contribution in [0.4, 0.5) is 5.69 Å². The molecule has 0 radical (unpaired) electrons. The number of fused-ring (bicyclic) bond motifs is 2. The molecule has 3 aromatic rings. The molecule has 5 heteroatoms. The summed E-state index contributed by atoms with van der Waals surface area (Å²) in [5.74, 6) is 0.311. The van der Waals surface area contributed by atoms with Gasteiger partial charge in [0.05, 0.1) is 16.8 Å². The van der Waals surface area contributed by atoms with Crippen molar-refractivity contribution in [3.05, 3.63) is 65.2 Å². The lowest BCUT2D eigenvalue weighted by Gasteiger charge is -2.22. The molecule has 1 aliphatic rings. The Bertz CT molecular complexity index is 1090. The van der Waals surface area contributed by atoms with E-state index in [2.05, 4.69) is 24.0 Å². The molecule has 27 heavy (non-hydrogen) atoms. The lowest BCUT2D eigenvalue weighted by Crippen LogP contribution is -2.37. The first-order valence-corrected chi connectivity index (χ1v) is 9.90. The van der Waals surface area contributed by atoms with Crippen LogP contribution < -0.4 is 4.90 Å². The van der Waals surface area contributed by atoms with Gasteiger partial charge in [0, 0.05) is 17.1 Å². The Morgan fingerprint density at radius 3 is 2.93 bits per heavy atom. The van der Waals surface area contributed by atoms with Gasteiger partial charge in [0.1, 0.15) is 11.1 Å². The Balaban J connectivity index is 1.59. The van der Waals surface area contributed by atoms with Crippen molar-refractivity contribution in [2.75, 3.05) is 10.7 Å². The third-order valence-corrected chi connectivity index (χ3v) is 5.92. The number of carbonyl (C=O) groups is 1. The van der Waals surface area contributed by atoms with Crippen molar-refractivity contribution in [1.82, 2.24) is 4.98 Å². The number of pyridine rings is 1. The van der Waals surface area contributed by atoms with Crippen molar-refractivity contribution in [2.24, 2.45) is 0 Å². The molecule has 134 valence electrons. The molecular formula is C22H19N3OS. The van der Waals surface area contributed by atoms with Gasteiger partial charge >= 0.3 is 0 Å². The third kappa shape index (κ3) is 3.17. The molecule has 0 saturated heterocycles. The van der Waals surface area contributed by atoms with Gasteiger partial charge in [-0.3, -0.25) is 4.79 Å². The summed E-state index contributed by atoms with van der Waals surface area (Å²) in [6, 6.07) is 18.2. The van der Waals surface area contributed by atoms with Gasteiger partial charge in [0.2, 0.25) is 5.91 Å². The molecule has 0 N–H and O–H groups in total. The largest absolute Gasteiger partial charge is 0.308 e. The molecule has 1 aliphatic heterocycles. The van der Waals surface area contributed by atoms with Gasteiger partial charge < -0.3 is 4.90 Å². The second kappa shape index (κ2) is 7.05. The van der Waals surface area contributed by atoms with Crippen molar-refractivity contribution in [3.8, 4) is 6.07 Å². The quantitative estimate of drug-likeness (QED) is 0.635. The van der Waals surface area contributed by atoms with E-state index in [9.17, 15) is 10.1 Å². The van der Waals surface area contributed by atoms with Crippen LogP contribution in [0.1, 0.15) is 23.6 Å². The van der Waals surface area contributed by atoms with E-state index >= 15 is 0 Å². The maximum atomic E-state index is 12.9. The summed E-state index contributed by atoms with van der Waals surface area (Å²) in [4.78, 5) is 19.5. The van der Waals surface area contributed by atoms with Gasteiger partial charge in [-0.05, 0) is 43.5 Å². The van der Waals surface area contributed by atoms with Crippen LogP contribution in [-0.4, -0.2) is 22.7 Å². The van der Waals surface area contributed by atoms with Gasteiger partial charge in [0.25, 0.3) is 0 Å². The molecule has 0 fully saturated rings. The number of para-hydroxylation sites is 2. The van der Waals surface area contributed by atoms with Gasteiger partial charge in [-0.2, -0.15) is 5.26 Å². The summed E-state index contributed by atoms with van der Waals surface area (Å²) < 4.78 is 0. The fourth-order valence-corrected chi connectivity index (χ4v) is 4.48. The molecule has 2 aromatic carbocycles. The Labute approximate surface area is 162 Å². The molecule has 2 heterocycles. The van der Waals surface area contributed by atoms with Crippen molar-refractivity contribution >= 4 is 34.3 Å². The standard InChI is InChI=1S/C22H19N3OS/c1-14-6-5-8-17-11-18(12-23)22(24-21(14)17)27-13-20(26)25-15(2)10-16-7-3-4-9-19(16)25/h3-9,11,15H,10,13H2,1-2H3/t15-/m0/s1. The van der Waals surface area contributed by atoms with E-state index in [0.717, 1.165) is 28.6 Å². The molecule has 0 bridgehead atoms. The number of anilines is 1. The minimum atomic E-state index is 0.0491. The molecular weight excluding hydrogens is 354 g/mol. The lowest BCUT2D eigenvalue weighted by atomic mass is 10.1. The summed E-state index contributed by atoms with van der Waals surface area (Å²) in [5, 5.41) is 11.1. The number of benzene rings is 2. The second-order valence-corrected chi connectivity index (χ2v) is 7.80. The van der Waals surface area contributed by atoms with E-state index in [1.807, 2.05) is 54.3 Å². The highest BCUT2D eigenvalue weighted by molar-refractivity contribution is 8.00. The Morgan fingerprint density at radius 1 is 1.30 bits per heavy atom. The number of hydrogen-bond donors (Lipinski definition) is 0. The van der Waals surface area contributed by atoms with E-state index in [1.165, 1.54) is 17.3 Å². The summed E-state index contributed by atoms with van der Waals surface area (Å²) in [5.41, 5.74) is 4.67. The van der Waals surface area contributed by atoms with E-state index in [0.29, 0.717) is 10.6 Å². The average Bonchev–Trinajstić information content (AvgIpc) is 3.01. The van der Waals surface area contributed by atoms with Gasteiger partial charge in [-0.15, -0.1) is 0 Å². The number of amides is 1. The molecule has 0 unspecified atom stereocenters. The number of thioether (sulfide) groups is 1. The number of aromatic nitrogens is 1. The van der Waals surface area contributed by atoms with Gasteiger partial charge in [0.15, 0.2) is 0 Å². The molecule has 4 nitrogen and oxygen atoms in total. The number of nitriles is 1.